The Hall–Kier alpha value is -1.10. The third-order valence-electron chi connectivity index (χ3n) is 1.63. The third-order valence-corrected chi connectivity index (χ3v) is 1.63. The van der Waals surface area contributed by atoms with E-state index >= 15 is 0 Å². The highest BCUT2D eigenvalue weighted by Crippen LogP contribution is 2.10. The van der Waals surface area contributed by atoms with E-state index in [0.717, 1.165) is 6.42 Å². The minimum absolute atomic E-state index is 0.489. The van der Waals surface area contributed by atoms with Crippen molar-refractivity contribution in [3.05, 3.63) is 0 Å². The second-order valence-corrected chi connectivity index (χ2v) is 3.09. The number of ether oxygens (including phenoxy) is 1. The lowest BCUT2D eigenvalue weighted by Gasteiger charge is -2.20. The molecule has 0 aromatic carbocycles. The van der Waals surface area contributed by atoms with Gasteiger partial charge in [-0.25, -0.2) is 9.59 Å². The predicted molar refractivity (Wildman–Crippen MR) is 48.0 cm³/mol. The van der Waals surface area contributed by atoms with Gasteiger partial charge in [-0.15, -0.1) is 0 Å². The van der Waals surface area contributed by atoms with Crippen molar-refractivity contribution in [2.24, 2.45) is 5.73 Å². The molecule has 76 valence electrons. The van der Waals surface area contributed by atoms with E-state index < -0.39 is 17.6 Å². The molecule has 0 aromatic rings. The van der Waals surface area contributed by atoms with E-state index in [1.807, 2.05) is 6.92 Å². The van der Waals surface area contributed by atoms with Gasteiger partial charge in [0.15, 0.2) is 0 Å². The van der Waals surface area contributed by atoms with E-state index in [-0.39, 0.29) is 0 Å². The SMILES string of the molecule is CCCC(C)(N)C(=O)OC(=O)NC. The van der Waals surface area contributed by atoms with Crippen LogP contribution >= 0.6 is 0 Å². The minimum Gasteiger partial charge on any atom is -0.375 e. The number of amides is 1. The van der Waals surface area contributed by atoms with E-state index in [2.05, 4.69) is 10.1 Å². The van der Waals surface area contributed by atoms with Gasteiger partial charge in [0.25, 0.3) is 0 Å². The number of nitrogens with two attached hydrogens (primary N) is 1. The van der Waals surface area contributed by atoms with Gasteiger partial charge < -0.3 is 15.8 Å². The summed E-state index contributed by atoms with van der Waals surface area (Å²) < 4.78 is 4.40. The molecule has 0 fully saturated rings. The normalized spacial score (nSPS) is 14.5. The summed E-state index contributed by atoms with van der Waals surface area (Å²) >= 11 is 0. The van der Waals surface area contributed by atoms with Gasteiger partial charge in [-0.2, -0.15) is 0 Å². The van der Waals surface area contributed by atoms with Gasteiger partial charge in [0.05, 0.1) is 0 Å². The minimum atomic E-state index is -1.08. The summed E-state index contributed by atoms with van der Waals surface area (Å²) in [5.74, 6) is -0.700. The van der Waals surface area contributed by atoms with Gasteiger partial charge in [-0.3, -0.25) is 0 Å². The zero-order valence-corrected chi connectivity index (χ0v) is 8.22. The predicted octanol–water partition coefficient (Wildman–Crippen LogP) is 0.387. The summed E-state index contributed by atoms with van der Waals surface area (Å²) in [6.07, 6.45) is 0.469. The summed E-state index contributed by atoms with van der Waals surface area (Å²) in [4.78, 5) is 21.9. The fraction of sp³-hybridized carbons (Fsp3) is 0.750. The van der Waals surface area contributed by atoms with Crippen LogP contribution in [0.15, 0.2) is 0 Å². The van der Waals surface area contributed by atoms with E-state index in [1.54, 1.807) is 6.92 Å². The van der Waals surface area contributed by atoms with Crippen LogP contribution in [0, 0.1) is 0 Å². The fourth-order valence-corrected chi connectivity index (χ4v) is 0.873. The van der Waals surface area contributed by atoms with Crippen molar-refractivity contribution in [2.45, 2.75) is 32.2 Å². The number of rotatable bonds is 3. The van der Waals surface area contributed by atoms with Crippen LogP contribution in [0.25, 0.3) is 0 Å². The molecule has 0 rings (SSSR count). The highest BCUT2D eigenvalue weighted by molar-refractivity contribution is 5.89. The topological polar surface area (TPSA) is 81.4 Å². The molecular weight excluding hydrogens is 172 g/mol. The highest BCUT2D eigenvalue weighted by atomic mass is 16.6. The number of nitrogens with one attached hydrogen (secondary N) is 1. The second kappa shape index (κ2) is 4.81. The van der Waals surface area contributed by atoms with Crippen LogP contribution in [0.2, 0.25) is 0 Å². The molecule has 13 heavy (non-hydrogen) atoms. The monoisotopic (exact) mass is 188 g/mol. The number of carbonyl (C=O) groups is 2. The highest BCUT2D eigenvalue weighted by Gasteiger charge is 2.30. The molecule has 0 aromatic heterocycles. The number of esters is 1. The second-order valence-electron chi connectivity index (χ2n) is 3.09. The van der Waals surface area contributed by atoms with E-state index in [9.17, 15) is 9.59 Å². The lowest BCUT2D eigenvalue weighted by molar-refractivity contribution is -0.143. The van der Waals surface area contributed by atoms with E-state index in [1.165, 1.54) is 7.05 Å². The fourth-order valence-electron chi connectivity index (χ4n) is 0.873. The molecule has 0 aliphatic heterocycles. The molecule has 1 atom stereocenters. The smallest absolute Gasteiger partial charge is 0.375 e. The lowest BCUT2D eigenvalue weighted by atomic mass is 9.98. The Kier molecular flexibility index (Phi) is 4.40. The molecule has 3 N–H and O–H groups in total. The summed E-state index contributed by atoms with van der Waals surface area (Å²) in [7, 11) is 1.38. The van der Waals surface area contributed by atoms with Crippen LogP contribution < -0.4 is 11.1 Å². The largest absolute Gasteiger partial charge is 0.414 e. The first-order valence-corrected chi connectivity index (χ1v) is 4.17. The van der Waals surface area contributed by atoms with Gasteiger partial charge in [-0.1, -0.05) is 13.3 Å². The standard InChI is InChI=1S/C8H16N2O3/c1-4-5-8(2,9)6(11)13-7(12)10-3/h4-5,9H2,1-3H3,(H,10,12). The lowest BCUT2D eigenvalue weighted by Crippen LogP contribution is -2.47. The van der Waals surface area contributed by atoms with Crippen LogP contribution in [0.4, 0.5) is 4.79 Å². The van der Waals surface area contributed by atoms with E-state index in [4.69, 9.17) is 5.73 Å². The van der Waals surface area contributed by atoms with Crippen molar-refractivity contribution in [3.8, 4) is 0 Å². The molecule has 0 bridgehead atoms. The summed E-state index contributed by atoms with van der Waals surface area (Å²) in [6.45, 7) is 3.44. The van der Waals surface area contributed by atoms with Gasteiger partial charge in [-0.05, 0) is 13.3 Å². The van der Waals surface area contributed by atoms with Crippen molar-refractivity contribution in [1.82, 2.24) is 5.32 Å². The van der Waals surface area contributed by atoms with Crippen LogP contribution in [0.5, 0.6) is 0 Å². The van der Waals surface area contributed by atoms with Crippen molar-refractivity contribution >= 4 is 12.1 Å². The van der Waals surface area contributed by atoms with Crippen molar-refractivity contribution in [2.75, 3.05) is 7.05 Å². The van der Waals surface area contributed by atoms with Gasteiger partial charge in [0.1, 0.15) is 5.54 Å². The Bertz CT molecular complexity index is 202. The van der Waals surface area contributed by atoms with Crippen molar-refractivity contribution in [3.63, 3.8) is 0 Å². The summed E-state index contributed by atoms with van der Waals surface area (Å²) in [5, 5.41) is 2.17. The quantitative estimate of drug-likeness (QED) is 0.495. The van der Waals surface area contributed by atoms with Gasteiger partial charge in [0.2, 0.25) is 0 Å². The molecule has 0 spiro atoms. The van der Waals surface area contributed by atoms with Crippen molar-refractivity contribution < 1.29 is 14.3 Å². The average Bonchev–Trinajstić information content (AvgIpc) is 2.04. The van der Waals surface area contributed by atoms with Crippen LogP contribution in [0.3, 0.4) is 0 Å². The van der Waals surface area contributed by atoms with Crippen LogP contribution in [-0.2, 0) is 9.53 Å². The molecular formula is C8H16N2O3. The number of alkyl carbamates (subject to hydrolysis) is 1. The number of hydrogen-bond acceptors (Lipinski definition) is 4. The first kappa shape index (κ1) is 11.9. The van der Waals surface area contributed by atoms with Gasteiger partial charge >= 0.3 is 12.1 Å². The molecule has 5 heteroatoms. The number of carbonyl (C=O) groups excluding carboxylic acids is 2. The Morgan fingerprint density at radius 2 is 2.08 bits per heavy atom. The third kappa shape index (κ3) is 3.89. The van der Waals surface area contributed by atoms with E-state index in [0.29, 0.717) is 6.42 Å². The first-order chi connectivity index (χ1) is 5.94. The maximum absolute atomic E-state index is 11.2. The molecule has 1 unspecified atom stereocenters. The zero-order valence-electron chi connectivity index (χ0n) is 8.22. The summed E-state index contributed by atoms with van der Waals surface area (Å²) in [5.41, 5.74) is 4.54. The molecule has 0 aliphatic rings. The maximum Gasteiger partial charge on any atom is 0.414 e. The Balaban J connectivity index is 4.16. The molecule has 0 aliphatic carbocycles. The maximum atomic E-state index is 11.2. The van der Waals surface area contributed by atoms with Crippen molar-refractivity contribution in [1.29, 1.82) is 0 Å². The van der Waals surface area contributed by atoms with Crippen LogP contribution in [0.1, 0.15) is 26.7 Å². The Morgan fingerprint density at radius 3 is 2.46 bits per heavy atom. The summed E-state index contributed by atoms with van der Waals surface area (Å²) in [6, 6.07) is 0. The molecule has 0 saturated heterocycles. The molecule has 5 nitrogen and oxygen atoms in total. The zero-order chi connectivity index (χ0) is 10.5. The first-order valence-electron chi connectivity index (χ1n) is 4.17. The number of hydrogen-bond donors (Lipinski definition) is 2. The van der Waals surface area contributed by atoms with Crippen LogP contribution in [-0.4, -0.2) is 24.6 Å². The Labute approximate surface area is 77.6 Å². The van der Waals surface area contributed by atoms with Gasteiger partial charge in [0, 0.05) is 7.05 Å². The Morgan fingerprint density at radius 1 is 1.54 bits per heavy atom. The molecule has 0 heterocycles. The molecule has 1 amide bonds. The average molecular weight is 188 g/mol. The molecule has 0 saturated carbocycles. The molecule has 0 radical (unpaired) electrons.